The maximum Gasteiger partial charge on any atom is 0.544 e. The molecule has 2 aromatic rings. The maximum absolute atomic E-state index is 15.3. The number of benzene rings is 1. The first kappa shape index (κ1) is 35.0. The van der Waals surface area contributed by atoms with E-state index in [0.717, 1.165) is 24.7 Å². The van der Waals surface area contributed by atoms with Crippen molar-refractivity contribution in [2.45, 2.75) is 89.5 Å². The lowest BCUT2D eigenvalue weighted by Crippen LogP contribution is -2.42. The lowest BCUT2D eigenvalue weighted by molar-refractivity contribution is -0.149. The minimum Gasteiger partial charge on any atom is -0.462 e. The molecule has 0 bridgehead atoms. The van der Waals surface area contributed by atoms with E-state index < -0.39 is 62.9 Å². The van der Waals surface area contributed by atoms with Crippen LogP contribution in [0, 0.1) is 6.92 Å². The first-order chi connectivity index (χ1) is 21.1. The molecule has 16 heteroatoms. The van der Waals surface area contributed by atoms with Crippen molar-refractivity contribution in [2.24, 2.45) is 0 Å². The molecule has 45 heavy (non-hydrogen) atoms. The van der Waals surface area contributed by atoms with Gasteiger partial charge in [-0.3, -0.25) is 23.6 Å². The van der Waals surface area contributed by atoms with Crippen LogP contribution in [0.3, 0.4) is 0 Å². The highest BCUT2D eigenvalue weighted by Crippen LogP contribution is 2.54. The predicted octanol–water partition coefficient (Wildman–Crippen LogP) is 2.35. The Morgan fingerprint density at radius 3 is 2.51 bits per heavy atom. The smallest absolute Gasteiger partial charge is 0.462 e. The van der Waals surface area contributed by atoms with Gasteiger partial charge < -0.3 is 14.6 Å². The Morgan fingerprint density at radius 2 is 1.91 bits per heavy atom. The molecule has 0 amide bonds. The molecule has 2 aliphatic heterocycles. The van der Waals surface area contributed by atoms with E-state index in [1.54, 1.807) is 26.0 Å². The summed E-state index contributed by atoms with van der Waals surface area (Å²) in [4.78, 5) is 54.9. The lowest BCUT2D eigenvalue weighted by atomic mass is 10.1. The Kier molecular flexibility index (Phi) is 11.1. The molecule has 4 rings (SSSR count). The van der Waals surface area contributed by atoms with E-state index in [0.29, 0.717) is 11.0 Å². The number of hydrogen-bond donors (Lipinski definition) is 3. The highest BCUT2D eigenvalue weighted by atomic mass is 31.2. The second kappa shape index (κ2) is 14.2. The van der Waals surface area contributed by atoms with Gasteiger partial charge in [0.05, 0.1) is 24.3 Å². The number of nitrogens with one attached hydrogen (secondary N) is 1. The van der Waals surface area contributed by atoms with Gasteiger partial charge in [0.25, 0.3) is 0 Å². The minimum absolute atomic E-state index is 0.126. The van der Waals surface area contributed by atoms with Crippen LogP contribution in [0.15, 0.2) is 41.3 Å². The zero-order valence-corrected chi connectivity index (χ0v) is 26.7. The molecule has 3 N–H and O–H groups in total. The van der Waals surface area contributed by atoms with Crippen molar-refractivity contribution in [1.29, 1.82) is 0 Å². The molecule has 1 aromatic heterocycles. The van der Waals surface area contributed by atoms with Crippen LogP contribution in [0.5, 0.6) is 5.75 Å². The molecule has 2 saturated heterocycles. The third-order valence-corrected chi connectivity index (χ3v) is 9.16. The average molecular weight is 658 g/mol. The van der Waals surface area contributed by atoms with Crippen LogP contribution in [-0.4, -0.2) is 92.7 Å². The molecule has 0 aliphatic carbocycles. The number of likely N-dealkylation sites (tertiary alicyclic amines) is 1. The second-order valence-electron chi connectivity index (χ2n) is 11.6. The number of ether oxygens (including phenoxy) is 2. The number of esters is 1. The van der Waals surface area contributed by atoms with E-state index in [9.17, 15) is 24.4 Å². The number of aliphatic hydroxyl groups is 1. The highest BCUT2D eigenvalue weighted by Gasteiger charge is 2.61. The molecule has 2 aliphatic rings. The van der Waals surface area contributed by atoms with Crippen molar-refractivity contribution in [3.05, 3.63) is 58.3 Å². The van der Waals surface area contributed by atoms with Crippen molar-refractivity contribution < 1.29 is 46.9 Å². The van der Waals surface area contributed by atoms with Crippen LogP contribution >= 0.6 is 8.09 Å². The van der Waals surface area contributed by atoms with E-state index in [4.69, 9.17) is 18.5 Å². The number of rotatable bonds is 13. The number of aliphatic hydroxyl groups excluding tert-OH is 1. The molecule has 2 unspecified atom stereocenters. The van der Waals surface area contributed by atoms with Crippen LogP contribution in [0.1, 0.15) is 51.1 Å². The topological polar surface area (TPSA) is 162 Å². The summed E-state index contributed by atoms with van der Waals surface area (Å²) in [6.07, 6.45) is -4.42. The van der Waals surface area contributed by atoms with Crippen LogP contribution < -0.4 is 15.3 Å². The molecule has 248 valence electrons. The zero-order chi connectivity index (χ0) is 33.1. The van der Waals surface area contributed by atoms with E-state index in [1.807, 2.05) is 18.9 Å². The standard InChI is InChI=1S/C29H40F2N4O9P/c1-17(2)42-26(38)19(4)33-45(40,44-21-10-8-18(3)9-11-21)41-16-24-25(37)29(30,31)27(43-24)35-14-12-20(32-28(35)39)15-23(36)22-7-6-13-34(22)5/h8-12,14,17,19,22,24-25,27,33,37,40H,6-7,13,15-16H2,1-5H3/q+1/t19-,22-,24+,25+,27?,45?/m0/s1. The lowest BCUT2D eigenvalue weighted by Gasteiger charge is -2.22. The molecule has 0 spiro atoms. The van der Waals surface area contributed by atoms with Gasteiger partial charge in [0, 0.05) is 6.20 Å². The van der Waals surface area contributed by atoms with E-state index in [1.165, 1.54) is 25.1 Å². The summed E-state index contributed by atoms with van der Waals surface area (Å²) >= 11 is 0. The van der Waals surface area contributed by atoms with E-state index in [-0.39, 0.29) is 29.7 Å². The molecule has 0 saturated carbocycles. The number of nitrogens with zero attached hydrogens (tertiary/aromatic N) is 3. The number of Topliss-reactive ketones (excluding diaryl/α,β-unsaturated/α-hetero) is 1. The Hall–Kier alpha value is -2.91. The van der Waals surface area contributed by atoms with Gasteiger partial charge in [0.1, 0.15) is 18.8 Å². The number of carbonyl (C=O) groups excluding carboxylic acids is 2. The first-order valence-electron chi connectivity index (χ1n) is 14.6. The fraction of sp³-hybridized carbons (Fsp3) is 0.586. The van der Waals surface area contributed by atoms with Gasteiger partial charge in [0.2, 0.25) is 6.23 Å². The van der Waals surface area contributed by atoms with Gasteiger partial charge in [-0.1, -0.05) is 22.8 Å². The van der Waals surface area contributed by atoms with Crippen molar-refractivity contribution in [2.75, 3.05) is 20.2 Å². The molecule has 3 heterocycles. The predicted molar refractivity (Wildman–Crippen MR) is 158 cm³/mol. The van der Waals surface area contributed by atoms with Crippen LogP contribution in [0.4, 0.5) is 8.78 Å². The normalized spacial score (nSPS) is 25.2. The van der Waals surface area contributed by atoms with E-state index in [2.05, 4.69) is 10.1 Å². The number of aromatic nitrogens is 2. The molecule has 2 fully saturated rings. The average Bonchev–Trinajstić information content (AvgIpc) is 3.48. The number of halogens is 2. The van der Waals surface area contributed by atoms with E-state index >= 15 is 8.78 Å². The summed E-state index contributed by atoms with van der Waals surface area (Å²) in [5.74, 6) is -4.67. The fourth-order valence-electron chi connectivity index (χ4n) is 5.08. The number of aryl methyl sites for hydroxylation is 1. The van der Waals surface area contributed by atoms with Gasteiger partial charge in [-0.2, -0.15) is 23.2 Å². The monoisotopic (exact) mass is 657 g/mol. The van der Waals surface area contributed by atoms with Crippen molar-refractivity contribution >= 4 is 19.8 Å². The number of carbonyl (C=O) groups is 2. The number of likely N-dealkylation sites (N-methyl/N-ethyl adjacent to an activating group) is 1. The third-order valence-electron chi connectivity index (χ3n) is 7.49. The zero-order valence-electron chi connectivity index (χ0n) is 25.8. The molecule has 13 nitrogen and oxygen atoms in total. The van der Waals surface area contributed by atoms with Gasteiger partial charge in [-0.15, -0.1) is 0 Å². The third kappa shape index (κ3) is 8.47. The highest BCUT2D eigenvalue weighted by molar-refractivity contribution is 7.58. The van der Waals surface area contributed by atoms with Gasteiger partial charge in [-0.25, -0.2) is 4.79 Å². The number of hydrogen-bond acceptors (Lipinski definition) is 12. The summed E-state index contributed by atoms with van der Waals surface area (Å²) in [6.45, 7) is 6.48. The number of alkyl halides is 2. The SMILES string of the molecule is Cc1ccc(O[P+](O)(N[C@@H](C)C(=O)OC(C)C)OC[C@H]2OC(n3ccc(CC(=O)[C@@H]4CCCN4C)nc3=O)C(F)(F)[C@@H]2O)cc1. The Morgan fingerprint density at radius 1 is 1.22 bits per heavy atom. The summed E-state index contributed by atoms with van der Waals surface area (Å²) in [6, 6.07) is 6.33. The van der Waals surface area contributed by atoms with Crippen molar-refractivity contribution in [1.82, 2.24) is 19.5 Å². The summed E-state index contributed by atoms with van der Waals surface area (Å²) < 4.78 is 52.8. The maximum atomic E-state index is 15.3. The second-order valence-corrected chi connectivity index (χ2v) is 13.3. The Bertz CT molecular complexity index is 1410. The molecular formula is C29H40F2N4O9P+. The van der Waals surface area contributed by atoms with Crippen molar-refractivity contribution in [3.63, 3.8) is 0 Å². The first-order valence-corrected chi connectivity index (χ1v) is 16.2. The minimum atomic E-state index is -4.22. The molecule has 6 atom stereocenters. The summed E-state index contributed by atoms with van der Waals surface area (Å²) in [7, 11) is -2.38. The Balaban J connectivity index is 1.48. The molecule has 1 aromatic carbocycles. The summed E-state index contributed by atoms with van der Waals surface area (Å²) in [5, 5.41) is 13.0. The summed E-state index contributed by atoms with van der Waals surface area (Å²) in [5.41, 5.74) is -0.0690. The van der Waals surface area contributed by atoms with Crippen LogP contribution in [0.25, 0.3) is 0 Å². The van der Waals surface area contributed by atoms with Crippen LogP contribution in [0.2, 0.25) is 0 Å². The Labute approximate surface area is 260 Å². The van der Waals surface area contributed by atoms with Gasteiger partial charge in [0.15, 0.2) is 17.6 Å². The fourth-order valence-corrected chi connectivity index (χ4v) is 6.61. The van der Waals surface area contributed by atoms with Gasteiger partial charge >= 0.3 is 25.7 Å². The van der Waals surface area contributed by atoms with Gasteiger partial charge in [-0.05, 0) is 72.3 Å². The molecular weight excluding hydrogens is 617 g/mol. The molecule has 0 radical (unpaired) electrons. The largest absolute Gasteiger partial charge is 0.544 e. The quantitative estimate of drug-likeness (QED) is 0.213. The van der Waals surface area contributed by atoms with Crippen LogP contribution in [-0.2, 0) is 30.0 Å². The number of ketones is 1. The van der Waals surface area contributed by atoms with Crippen molar-refractivity contribution in [3.8, 4) is 5.75 Å².